The van der Waals surface area contributed by atoms with Gasteiger partial charge in [-0.05, 0) is 17.5 Å². The molecule has 0 spiro atoms. The van der Waals surface area contributed by atoms with E-state index in [1.807, 2.05) is 24.3 Å². The molecule has 1 saturated carbocycles. The fourth-order valence-corrected chi connectivity index (χ4v) is 5.23. The standard InChI is InChI=1S/C15H22O4S/c1-3-11-5-7-12(8-6-11)13-14(20(18,19)4-2)15(13,9-16)10-17/h5-8,13-14,16-17H,3-4,9-10H2,1-2H3/t13-,14+/m0/s1. The van der Waals surface area contributed by atoms with Crippen molar-refractivity contribution in [2.45, 2.75) is 31.4 Å². The number of benzene rings is 1. The molecular formula is C15H22O4S. The summed E-state index contributed by atoms with van der Waals surface area (Å²) in [5.41, 5.74) is 1.14. The van der Waals surface area contributed by atoms with E-state index >= 15 is 0 Å². The van der Waals surface area contributed by atoms with Crippen molar-refractivity contribution in [3.8, 4) is 0 Å². The predicted molar refractivity (Wildman–Crippen MR) is 78.4 cm³/mol. The number of hydrogen-bond acceptors (Lipinski definition) is 4. The molecule has 0 aliphatic heterocycles. The Kier molecular flexibility index (Phi) is 4.23. The van der Waals surface area contributed by atoms with Gasteiger partial charge in [-0.1, -0.05) is 38.1 Å². The molecule has 20 heavy (non-hydrogen) atoms. The maximum absolute atomic E-state index is 12.2. The summed E-state index contributed by atoms with van der Waals surface area (Å²) in [6, 6.07) is 7.77. The predicted octanol–water partition coefficient (Wildman–Crippen LogP) is 1.12. The van der Waals surface area contributed by atoms with Gasteiger partial charge in [0.05, 0.1) is 18.5 Å². The molecule has 2 atom stereocenters. The molecule has 0 bridgehead atoms. The first-order valence-electron chi connectivity index (χ1n) is 6.99. The molecule has 0 saturated heterocycles. The van der Waals surface area contributed by atoms with Crippen LogP contribution in [0.5, 0.6) is 0 Å². The normalized spacial score (nSPS) is 24.6. The molecule has 0 amide bonds. The first-order valence-corrected chi connectivity index (χ1v) is 8.70. The fourth-order valence-electron chi connectivity index (χ4n) is 3.09. The Hall–Kier alpha value is -0.910. The number of aryl methyl sites for hydroxylation is 1. The van der Waals surface area contributed by atoms with E-state index in [0.717, 1.165) is 12.0 Å². The fraction of sp³-hybridized carbons (Fsp3) is 0.600. The summed E-state index contributed by atoms with van der Waals surface area (Å²) in [7, 11) is -3.29. The largest absolute Gasteiger partial charge is 0.396 e. The van der Waals surface area contributed by atoms with Crippen LogP contribution in [0.3, 0.4) is 0 Å². The summed E-state index contributed by atoms with van der Waals surface area (Å²) in [5, 5.41) is 18.5. The van der Waals surface area contributed by atoms with Gasteiger partial charge in [-0.2, -0.15) is 0 Å². The maximum atomic E-state index is 12.2. The molecule has 0 heterocycles. The first-order chi connectivity index (χ1) is 9.46. The van der Waals surface area contributed by atoms with Crippen LogP contribution in [0.2, 0.25) is 0 Å². The smallest absolute Gasteiger partial charge is 0.154 e. The van der Waals surface area contributed by atoms with Crippen molar-refractivity contribution < 1.29 is 18.6 Å². The van der Waals surface area contributed by atoms with Crippen LogP contribution >= 0.6 is 0 Å². The molecule has 1 fully saturated rings. The molecule has 0 aromatic heterocycles. The van der Waals surface area contributed by atoms with Crippen LogP contribution in [-0.4, -0.2) is 42.8 Å². The quantitative estimate of drug-likeness (QED) is 0.825. The molecule has 1 aromatic carbocycles. The SMILES string of the molecule is CCc1ccc([C@H]2[C@@H](S(=O)(=O)CC)C2(CO)CO)cc1. The van der Waals surface area contributed by atoms with Gasteiger partial charge in [-0.25, -0.2) is 8.42 Å². The summed E-state index contributed by atoms with van der Waals surface area (Å²) >= 11 is 0. The van der Waals surface area contributed by atoms with Crippen molar-refractivity contribution in [2.75, 3.05) is 19.0 Å². The van der Waals surface area contributed by atoms with Crippen molar-refractivity contribution in [2.24, 2.45) is 5.41 Å². The molecule has 0 radical (unpaired) electrons. The lowest BCUT2D eigenvalue weighted by atomic mass is 9.99. The zero-order valence-electron chi connectivity index (χ0n) is 11.9. The molecule has 2 rings (SSSR count). The third-order valence-electron chi connectivity index (χ3n) is 4.50. The minimum absolute atomic E-state index is 0.0307. The van der Waals surface area contributed by atoms with Gasteiger partial charge in [-0.3, -0.25) is 0 Å². The molecule has 1 aliphatic carbocycles. The highest BCUT2D eigenvalue weighted by Gasteiger charge is 2.69. The van der Waals surface area contributed by atoms with E-state index in [-0.39, 0.29) is 24.9 Å². The number of aliphatic hydroxyl groups excluding tert-OH is 2. The highest BCUT2D eigenvalue weighted by molar-refractivity contribution is 7.92. The Bertz CT molecular complexity index is 558. The number of rotatable bonds is 6. The van der Waals surface area contributed by atoms with Crippen molar-refractivity contribution in [1.29, 1.82) is 0 Å². The Balaban J connectivity index is 2.38. The summed E-state index contributed by atoms with van der Waals surface area (Å²) in [4.78, 5) is 0. The molecule has 0 unspecified atom stereocenters. The molecule has 1 aliphatic rings. The average Bonchev–Trinajstić information content (AvgIpc) is 3.18. The molecule has 5 heteroatoms. The lowest BCUT2D eigenvalue weighted by Crippen LogP contribution is -2.23. The van der Waals surface area contributed by atoms with E-state index in [4.69, 9.17) is 0 Å². The number of aliphatic hydroxyl groups is 2. The van der Waals surface area contributed by atoms with Crippen LogP contribution in [-0.2, 0) is 16.3 Å². The van der Waals surface area contributed by atoms with Gasteiger partial charge in [0.15, 0.2) is 9.84 Å². The second kappa shape index (κ2) is 5.47. The van der Waals surface area contributed by atoms with Gasteiger partial charge >= 0.3 is 0 Å². The van der Waals surface area contributed by atoms with Crippen molar-refractivity contribution in [1.82, 2.24) is 0 Å². The molecular weight excluding hydrogens is 276 g/mol. The van der Waals surface area contributed by atoms with Gasteiger partial charge in [0.2, 0.25) is 0 Å². The summed E-state index contributed by atoms with van der Waals surface area (Å²) in [6.07, 6.45) is 0.923. The lowest BCUT2D eigenvalue weighted by molar-refractivity contribution is 0.130. The van der Waals surface area contributed by atoms with Crippen LogP contribution in [0.25, 0.3) is 0 Å². The Morgan fingerprint density at radius 2 is 1.65 bits per heavy atom. The summed E-state index contributed by atoms with van der Waals surface area (Å²) in [6.45, 7) is 3.04. The average molecular weight is 298 g/mol. The highest BCUT2D eigenvalue weighted by Crippen LogP contribution is 2.62. The van der Waals surface area contributed by atoms with E-state index < -0.39 is 20.5 Å². The van der Waals surface area contributed by atoms with E-state index in [2.05, 4.69) is 6.92 Å². The molecule has 112 valence electrons. The van der Waals surface area contributed by atoms with Gasteiger partial charge < -0.3 is 10.2 Å². The molecule has 2 N–H and O–H groups in total. The second-order valence-corrected chi connectivity index (χ2v) is 7.91. The van der Waals surface area contributed by atoms with Crippen LogP contribution in [0.1, 0.15) is 30.9 Å². The molecule has 1 aromatic rings. The van der Waals surface area contributed by atoms with Crippen LogP contribution < -0.4 is 0 Å². The van der Waals surface area contributed by atoms with Crippen molar-refractivity contribution >= 4 is 9.84 Å². The van der Waals surface area contributed by atoms with Crippen molar-refractivity contribution in [3.05, 3.63) is 35.4 Å². The summed E-state index contributed by atoms with van der Waals surface area (Å²) < 4.78 is 24.4. The zero-order valence-corrected chi connectivity index (χ0v) is 12.7. The highest BCUT2D eigenvalue weighted by atomic mass is 32.2. The monoisotopic (exact) mass is 298 g/mol. The van der Waals surface area contributed by atoms with Gasteiger partial charge in [-0.15, -0.1) is 0 Å². The Morgan fingerprint density at radius 3 is 2.05 bits per heavy atom. The summed E-state index contributed by atoms with van der Waals surface area (Å²) in [5.74, 6) is -0.281. The van der Waals surface area contributed by atoms with Gasteiger partial charge in [0.25, 0.3) is 0 Å². The maximum Gasteiger partial charge on any atom is 0.154 e. The zero-order chi connectivity index (χ0) is 15.0. The van der Waals surface area contributed by atoms with E-state index in [9.17, 15) is 18.6 Å². The second-order valence-electron chi connectivity index (χ2n) is 5.49. The minimum atomic E-state index is -3.29. The van der Waals surface area contributed by atoms with Crippen LogP contribution in [0, 0.1) is 5.41 Å². The Labute approximate surface area is 120 Å². The van der Waals surface area contributed by atoms with Crippen LogP contribution in [0.4, 0.5) is 0 Å². The number of hydrogen-bond donors (Lipinski definition) is 2. The lowest BCUT2D eigenvalue weighted by Gasteiger charge is -2.11. The Morgan fingerprint density at radius 1 is 1.10 bits per heavy atom. The van der Waals surface area contributed by atoms with Gasteiger partial charge in [0.1, 0.15) is 0 Å². The van der Waals surface area contributed by atoms with E-state index in [0.29, 0.717) is 0 Å². The first kappa shape index (κ1) is 15.5. The number of sulfone groups is 1. The van der Waals surface area contributed by atoms with Crippen LogP contribution in [0.15, 0.2) is 24.3 Å². The topological polar surface area (TPSA) is 74.6 Å². The third-order valence-corrected chi connectivity index (χ3v) is 6.82. The van der Waals surface area contributed by atoms with E-state index in [1.54, 1.807) is 6.92 Å². The molecule has 4 nitrogen and oxygen atoms in total. The van der Waals surface area contributed by atoms with Gasteiger partial charge in [0, 0.05) is 17.1 Å². The van der Waals surface area contributed by atoms with E-state index in [1.165, 1.54) is 5.56 Å². The third kappa shape index (κ3) is 2.28. The van der Waals surface area contributed by atoms with Crippen molar-refractivity contribution in [3.63, 3.8) is 0 Å². The minimum Gasteiger partial charge on any atom is -0.396 e.